The fourth-order valence-electron chi connectivity index (χ4n) is 5.87. The number of rotatable bonds is 4. The molecule has 4 aromatic rings. The van der Waals surface area contributed by atoms with Gasteiger partial charge in [0.2, 0.25) is 0 Å². The molecule has 0 unspecified atom stereocenters. The molecule has 1 saturated carbocycles. The first-order valence-electron chi connectivity index (χ1n) is 11.7. The standard InChI is InChI=1S/C32H32/c1-23-5-13-27(14-6-23)31(28-15-7-24(2)8-16-28)21-22-32(31,29-17-9-25(3)10-18-29)30-19-11-26(4)12-20-30/h5-20H,21-22H2,1-4H3. The maximum atomic E-state index is 2.37. The molecule has 32 heavy (non-hydrogen) atoms. The SMILES string of the molecule is Cc1ccc(C2(c3ccc(C)cc3)CCC2(c2ccc(C)cc2)c2ccc(C)cc2)cc1. The van der Waals surface area contributed by atoms with E-state index in [0.29, 0.717) is 0 Å². The zero-order valence-electron chi connectivity index (χ0n) is 19.7. The summed E-state index contributed by atoms with van der Waals surface area (Å²) >= 11 is 0. The average Bonchev–Trinajstić information content (AvgIpc) is 2.79. The van der Waals surface area contributed by atoms with Gasteiger partial charge in [-0.2, -0.15) is 0 Å². The van der Waals surface area contributed by atoms with E-state index >= 15 is 0 Å². The van der Waals surface area contributed by atoms with Gasteiger partial charge in [0.1, 0.15) is 0 Å². The number of hydrogen-bond donors (Lipinski definition) is 0. The Hall–Kier alpha value is -3.12. The summed E-state index contributed by atoms with van der Waals surface area (Å²) in [6.07, 6.45) is 2.28. The highest BCUT2D eigenvalue weighted by Gasteiger charge is 2.62. The molecule has 0 aromatic heterocycles. The number of benzene rings is 4. The Morgan fingerprint density at radius 3 is 0.688 bits per heavy atom. The summed E-state index contributed by atoms with van der Waals surface area (Å²) in [6, 6.07) is 37.1. The molecule has 0 heteroatoms. The Kier molecular flexibility index (Phi) is 5.05. The van der Waals surface area contributed by atoms with Gasteiger partial charge in [-0.3, -0.25) is 0 Å². The maximum Gasteiger partial charge on any atom is 0.0340 e. The third-order valence-corrected chi connectivity index (χ3v) is 7.78. The molecule has 0 bridgehead atoms. The van der Waals surface area contributed by atoms with Gasteiger partial charge in [-0.15, -0.1) is 0 Å². The van der Waals surface area contributed by atoms with Gasteiger partial charge in [0.15, 0.2) is 0 Å². The minimum Gasteiger partial charge on any atom is -0.0590 e. The van der Waals surface area contributed by atoms with Crippen LogP contribution >= 0.6 is 0 Å². The third kappa shape index (κ3) is 3.05. The van der Waals surface area contributed by atoms with Crippen molar-refractivity contribution >= 4 is 0 Å². The van der Waals surface area contributed by atoms with Crippen molar-refractivity contribution in [3.63, 3.8) is 0 Å². The second kappa shape index (κ2) is 7.78. The fourth-order valence-corrected chi connectivity index (χ4v) is 5.87. The topological polar surface area (TPSA) is 0 Å². The van der Waals surface area contributed by atoms with E-state index in [1.54, 1.807) is 0 Å². The van der Waals surface area contributed by atoms with Crippen LogP contribution in [0.5, 0.6) is 0 Å². The summed E-state index contributed by atoms with van der Waals surface area (Å²) in [5, 5.41) is 0. The quantitative estimate of drug-likeness (QED) is 0.316. The van der Waals surface area contributed by atoms with Crippen molar-refractivity contribution in [2.24, 2.45) is 0 Å². The molecule has 5 rings (SSSR count). The van der Waals surface area contributed by atoms with Crippen molar-refractivity contribution < 1.29 is 0 Å². The van der Waals surface area contributed by atoms with Gasteiger partial charge in [-0.05, 0) is 62.8 Å². The maximum absolute atomic E-state index is 2.37. The lowest BCUT2D eigenvalue weighted by Crippen LogP contribution is -2.59. The normalized spacial score (nSPS) is 16.4. The monoisotopic (exact) mass is 416 g/mol. The molecule has 0 radical (unpaired) electrons. The Bertz CT molecular complexity index is 1020. The summed E-state index contributed by atoms with van der Waals surface area (Å²) in [4.78, 5) is 0. The summed E-state index contributed by atoms with van der Waals surface area (Å²) in [5.74, 6) is 0. The Labute approximate surface area is 193 Å². The molecule has 0 N–H and O–H groups in total. The van der Waals surface area contributed by atoms with E-state index in [1.165, 1.54) is 44.5 Å². The van der Waals surface area contributed by atoms with Crippen molar-refractivity contribution in [1.29, 1.82) is 0 Å². The van der Waals surface area contributed by atoms with Gasteiger partial charge in [0.25, 0.3) is 0 Å². The van der Waals surface area contributed by atoms with Crippen molar-refractivity contribution in [1.82, 2.24) is 0 Å². The molecule has 160 valence electrons. The Balaban J connectivity index is 1.84. The van der Waals surface area contributed by atoms with Crippen LogP contribution in [0.3, 0.4) is 0 Å². The van der Waals surface area contributed by atoms with E-state index in [9.17, 15) is 0 Å². The van der Waals surface area contributed by atoms with E-state index in [2.05, 4.69) is 125 Å². The first kappa shape index (κ1) is 20.8. The van der Waals surface area contributed by atoms with Crippen LogP contribution in [0, 0.1) is 27.7 Å². The molecule has 0 nitrogen and oxygen atoms in total. The predicted molar refractivity (Wildman–Crippen MR) is 136 cm³/mol. The Morgan fingerprint density at radius 2 is 0.531 bits per heavy atom. The van der Waals surface area contributed by atoms with Gasteiger partial charge < -0.3 is 0 Å². The molecule has 1 fully saturated rings. The lowest BCUT2D eigenvalue weighted by molar-refractivity contribution is 0.151. The van der Waals surface area contributed by atoms with Gasteiger partial charge in [-0.25, -0.2) is 0 Å². The zero-order valence-corrected chi connectivity index (χ0v) is 19.7. The molecule has 0 spiro atoms. The van der Waals surface area contributed by atoms with Crippen molar-refractivity contribution in [2.75, 3.05) is 0 Å². The van der Waals surface area contributed by atoms with Crippen molar-refractivity contribution in [2.45, 2.75) is 51.4 Å². The highest BCUT2D eigenvalue weighted by atomic mass is 14.6. The van der Waals surface area contributed by atoms with E-state index < -0.39 is 0 Å². The second-order valence-corrected chi connectivity index (χ2v) is 9.77. The van der Waals surface area contributed by atoms with Crippen LogP contribution in [0.15, 0.2) is 97.1 Å². The fraction of sp³-hybridized carbons (Fsp3) is 0.250. The van der Waals surface area contributed by atoms with Crippen LogP contribution in [0.1, 0.15) is 57.3 Å². The molecule has 0 heterocycles. The summed E-state index contributed by atoms with van der Waals surface area (Å²) in [6.45, 7) is 8.71. The largest absolute Gasteiger partial charge is 0.0590 e. The Morgan fingerprint density at radius 1 is 0.344 bits per heavy atom. The highest BCUT2D eigenvalue weighted by Crippen LogP contribution is 2.65. The van der Waals surface area contributed by atoms with E-state index in [1.807, 2.05) is 0 Å². The van der Waals surface area contributed by atoms with Crippen molar-refractivity contribution in [3.05, 3.63) is 142 Å². The number of aryl methyl sites for hydroxylation is 4. The summed E-state index contributed by atoms with van der Waals surface area (Å²) in [5.41, 5.74) is 10.7. The van der Waals surface area contributed by atoms with Crippen LogP contribution in [-0.2, 0) is 10.8 Å². The molecular weight excluding hydrogens is 384 g/mol. The van der Waals surface area contributed by atoms with Crippen LogP contribution < -0.4 is 0 Å². The smallest absolute Gasteiger partial charge is 0.0340 e. The number of hydrogen-bond acceptors (Lipinski definition) is 0. The van der Waals surface area contributed by atoms with E-state index in [0.717, 1.165) is 12.8 Å². The van der Waals surface area contributed by atoms with Gasteiger partial charge in [0.05, 0.1) is 0 Å². The zero-order chi connectivity index (χ0) is 22.3. The molecule has 0 saturated heterocycles. The molecular formula is C32H32. The predicted octanol–water partition coefficient (Wildman–Crippen LogP) is 7.99. The molecule has 0 aliphatic heterocycles. The minimum atomic E-state index is -0.0983. The van der Waals surface area contributed by atoms with Crippen LogP contribution in [0.25, 0.3) is 0 Å². The van der Waals surface area contributed by atoms with E-state index in [4.69, 9.17) is 0 Å². The van der Waals surface area contributed by atoms with Gasteiger partial charge >= 0.3 is 0 Å². The lowest BCUT2D eigenvalue weighted by Gasteiger charge is -2.61. The van der Waals surface area contributed by atoms with Crippen LogP contribution in [0.4, 0.5) is 0 Å². The van der Waals surface area contributed by atoms with Crippen molar-refractivity contribution in [3.8, 4) is 0 Å². The first-order valence-corrected chi connectivity index (χ1v) is 11.7. The van der Waals surface area contributed by atoms with Gasteiger partial charge in [0, 0.05) is 10.8 Å². The first-order chi connectivity index (χ1) is 15.5. The van der Waals surface area contributed by atoms with Gasteiger partial charge in [-0.1, -0.05) is 119 Å². The summed E-state index contributed by atoms with van der Waals surface area (Å²) < 4.78 is 0. The van der Waals surface area contributed by atoms with Crippen LogP contribution in [-0.4, -0.2) is 0 Å². The highest BCUT2D eigenvalue weighted by molar-refractivity contribution is 5.59. The third-order valence-electron chi connectivity index (χ3n) is 7.78. The molecule has 1 aliphatic carbocycles. The average molecular weight is 417 g/mol. The lowest BCUT2D eigenvalue weighted by atomic mass is 9.40. The molecule has 0 amide bonds. The van der Waals surface area contributed by atoms with Crippen LogP contribution in [0.2, 0.25) is 0 Å². The minimum absolute atomic E-state index is 0.0983. The summed E-state index contributed by atoms with van der Waals surface area (Å²) in [7, 11) is 0. The molecule has 4 aromatic carbocycles. The molecule has 1 aliphatic rings. The van der Waals surface area contributed by atoms with E-state index in [-0.39, 0.29) is 10.8 Å². The second-order valence-electron chi connectivity index (χ2n) is 9.77. The molecule has 0 atom stereocenters.